The highest BCUT2D eigenvalue weighted by Crippen LogP contribution is 2.39. The maximum Gasteiger partial charge on any atom is 0.169 e. The van der Waals surface area contributed by atoms with Crippen LogP contribution in [-0.2, 0) is 25.8 Å². The number of Topliss-reactive ketones (excluding diaryl/α,β-unsaturated/α-hetero) is 1. The molecule has 130 valence electrons. The van der Waals surface area contributed by atoms with Gasteiger partial charge in [-0.15, -0.1) is 0 Å². The number of benzene rings is 1. The number of hydrogen-bond donors (Lipinski definition) is 1. The smallest absolute Gasteiger partial charge is 0.169 e. The fraction of sp³-hybridized carbons (Fsp3) is 0.500. The van der Waals surface area contributed by atoms with Crippen LogP contribution in [-0.4, -0.2) is 28.8 Å². The molecule has 0 spiro atoms. The summed E-state index contributed by atoms with van der Waals surface area (Å²) in [7, 11) is 0. The highest BCUT2D eigenvalue weighted by Gasteiger charge is 2.41. The van der Waals surface area contributed by atoms with E-state index < -0.39 is 0 Å². The van der Waals surface area contributed by atoms with Gasteiger partial charge in [-0.1, -0.05) is 30.3 Å². The van der Waals surface area contributed by atoms with Gasteiger partial charge in [0.25, 0.3) is 0 Å². The lowest BCUT2D eigenvalue weighted by Gasteiger charge is -2.40. The first kappa shape index (κ1) is 15.4. The number of aromatic nitrogens is 1. The number of aryl methyl sites for hydroxylation is 1. The average Bonchev–Trinajstić information content (AvgIpc) is 3.02. The van der Waals surface area contributed by atoms with Crippen LogP contribution >= 0.6 is 0 Å². The van der Waals surface area contributed by atoms with Gasteiger partial charge in [0.05, 0.1) is 0 Å². The van der Waals surface area contributed by atoms with Crippen molar-refractivity contribution in [3.63, 3.8) is 0 Å². The predicted octanol–water partition coefficient (Wildman–Crippen LogP) is 3.77. The molecule has 0 radical (unpaired) electrons. The number of carbonyl (C=O) groups excluding carboxylic acids is 1. The number of hydrogen-bond acceptors (Lipinski definition) is 2. The lowest BCUT2D eigenvalue weighted by Crippen LogP contribution is -2.46. The molecule has 1 saturated heterocycles. The van der Waals surface area contributed by atoms with E-state index in [-0.39, 0.29) is 5.92 Å². The van der Waals surface area contributed by atoms with Gasteiger partial charge in [0, 0.05) is 36.0 Å². The Balaban J connectivity index is 1.39. The van der Waals surface area contributed by atoms with Crippen LogP contribution in [0.5, 0.6) is 0 Å². The minimum absolute atomic E-state index is 0.201. The SMILES string of the molecule is O=C1c2c([nH]c3c2CCCC3)C[C@@H]2CCN(Cc3ccccc3)C[C@@H]12. The van der Waals surface area contributed by atoms with Crippen molar-refractivity contribution in [1.82, 2.24) is 9.88 Å². The van der Waals surface area contributed by atoms with Gasteiger partial charge in [-0.25, -0.2) is 0 Å². The van der Waals surface area contributed by atoms with Crippen molar-refractivity contribution in [3.05, 3.63) is 58.4 Å². The standard InChI is InChI=1S/C22H26N2O/c25-22-18-14-24(13-15-6-2-1-3-7-15)11-10-16(18)12-20-21(22)17-8-4-5-9-19(17)23-20/h1-3,6-7,16,18,23H,4-5,8-14H2/t16-,18+/m0/s1. The number of rotatable bonds is 2. The minimum Gasteiger partial charge on any atom is -0.361 e. The second-order valence-corrected chi connectivity index (χ2v) is 8.09. The van der Waals surface area contributed by atoms with Crippen molar-refractivity contribution >= 4 is 5.78 Å². The van der Waals surface area contributed by atoms with Crippen LogP contribution in [0.4, 0.5) is 0 Å². The summed E-state index contributed by atoms with van der Waals surface area (Å²) in [4.78, 5) is 19.5. The van der Waals surface area contributed by atoms with Crippen molar-refractivity contribution in [3.8, 4) is 0 Å². The Labute approximate surface area is 149 Å². The average molecular weight is 334 g/mol. The molecule has 2 heterocycles. The van der Waals surface area contributed by atoms with E-state index in [2.05, 4.69) is 40.2 Å². The number of piperidine rings is 1. The molecule has 2 atom stereocenters. The van der Waals surface area contributed by atoms with Crippen LogP contribution in [0.2, 0.25) is 0 Å². The van der Waals surface area contributed by atoms with E-state index in [1.54, 1.807) is 0 Å². The Kier molecular flexibility index (Phi) is 3.78. The van der Waals surface area contributed by atoms with Gasteiger partial charge < -0.3 is 4.98 Å². The Morgan fingerprint density at radius 2 is 1.92 bits per heavy atom. The number of carbonyl (C=O) groups is 1. The third kappa shape index (κ3) is 2.65. The Hall–Kier alpha value is -1.87. The van der Waals surface area contributed by atoms with Gasteiger partial charge in [0.15, 0.2) is 5.78 Å². The van der Waals surface area contributed by atoms with Gasteiger partial charge in [0.2, 0.25) is 0 Å². The van der Waals surface area contributed by atoms with Gasteiger partial charge in [-0.2, -0.15) is 0 Å². The molecule has 3 aliphatic rings. The van der Waals surface area contributed by atoms with E-state index >= 15 is 0 Å². The number of H-pyrrole nitrogens is 1. The summed E-state index contributed by atoms with van der Waals surface area (Å²) in [5.74, 6) is 1.17. The van der Waals surface area contributed by atoms with E-state index in [1.165, 1.54) is 35.4 Å². The fourth-order valence-corrected chi connectivity index (χ4v) is 5.24. The summed E-state index contributed by atoms with van der Waals surface area (Å²) >= 11 is 0. The van der Waals surface area contributed by atoms with Gasteiger partial charge in [-0.3, -0.25) is 9.69 Å². The molecular weight excluding hydrogens is 308 g/mol. The molecule has 1 aliphatic heterocycles. The number of fused-ring (bicyclic) bond motifs is 4. The molecule has 0 amide bonds. The molecular formula is C22H26N2O. The largest absolute Gasteiger partial charge is 0.361 e. The molecule has 2 aromatic rings. The number of aromatic amines is 1. The van der Waals surface area contributed by atoms with Crippen molar-refractivity contribution in [2.75, 3.05) is 13.1 Å². The quantitative estimate of drug-likeness (QED) is 0.907. The van der Waals surface area contributed by atoms with Gasteiger partial charge >= 0.3 is 0 Å². The van der Waals surface area contributed by atoms with Crippen LogP contribution in [0.15, 0.2) is 30.3 Å². The molecule has 1 aromatic heterocycles. The first-order valence-corrected chi connectivity index (χ1v) is 9.82. The maximum atomic E-state index is 13.3. The summed E-state index contributed by atoms with van der Waals surface area (Å²) in [5.41, 5.74) is 6.44. The lowest BCUT2D eigenvalue weighted by atomic mass is 9.72. The van der Waals surface area contributed by atoms with Crippen molar-refractivity contribution in [2.45, 2.75) is 45.1 Å². The molecule has 0 saturated carbocycles. The molecule has 1 fully saturated rings. The normalized spacial score (nSPS) is 26.0. The van der Waals surface area contributed by atoms with Crippen molar-refractivity contribution in [1.29, 1.82) is 0 Å². The topological polar surface area (TPSA) is 36.1 Å². The molecule has 25 heavy (non-hydrogen) atoms. The van der Waals surface area contributed by atoms with E-state index in [0.717, 1.165) is 50.9 Å². The van der Waals surface area contributed by atoms with Crippen LogP contribution in [0.1, 0.15) is 52.1 Å². The van der Waals surface area contributed by atoms with Crippen LogP contribution < -0.4 is 0 Å². The molecule has 5 rings (SSSR count). The first-order chi connectivity index (χ1) is 12.3. The van der Waals surface area contributed by atoms with E-state index in [1.807, 2.05) is 0 Å². The summed E-state index contributed by atoms with van der Waals surface area (Å²) in [5, 5.41) is 0. The van der Waals surface area contributed by atoms with Crippen LogP contribution in [0.25, 0.3) is 0 Å². The zero-order valence-corrected chi connectivity index (χ0v) is 14.8. The summed E-state index contributed by atoms with van der Waals surface area (Å²) in [6, 6.07) is 10.7. The van der Waals surface area contributed by atoms with E-state index in [9.17, 15) is 4.79 Å². The summed E-state index contributed by atoms with van der Waals surface area (Å²) in [6.07, 6.45) is 6.95. The summed E-state index contributed by atoms with van der Waals surface area (Å²) < 4.78 is 0. The molecule has 1 aromatic carbocycles. The number of ketones is 1. The minimum atomic E-state index is 0.201. The van der Waals surface area contributed by atoms with E-state index in [0.29, 0.717) is 11.7 Å². The number of nitrogens with one attached hydrogen (secondary N) is 1. The first-order valence-electron chi connectivity index (χ1n) is 9.82. The molecule has 2 aliphatic carbocycles. The molecule has 0 bridgehead atoms. The zero-order chi connectivity index (χ0) is 16.8. The van der Waals surface area contributed by atoms with E-state index in [4.69, 9.17) is 0 Å². The second kappa shape index (κ2) is 6.14. The maximum absolute atomic E-state index is 13.3. The van der Waals surface area contributed by atoms with Crippen LogP contribution in [0.3, 0.4) is 0 Å². The zero-order valence-electron chi connectivity index (χ0n) is 14.8. The third-order valence-corrected chi connectivity index (χ3v) is 6.51. The summed E-state index contributed by atoms with van der Waals surface area (Å²) in [6.45, 7) is 3.01. The molecule has 3 nitrogen and oxygen atoms in total. The highest BCUT2D eigenvalue weighted by molar-refractivity contribution is 6.02. The number of likely N-dealkylation sites (tertiary alicyclic amines) is 1. The highest BCUT2D eigenvalue weighted by atomic mass is 16.1. The second-order valence-electron chi connectivity index (χ2n) is 8.09. The van der Waals surface area contributed by atoms with Gasteiger partial charge in [0.1, 0.15) is 0 Å². The lowest BCUT2D eigenvalue weighted by molar-refractivity contribution is 0.0644. The third-order valence-electron chi connectivity index (χ3n) is 6.51. The fourth-order valence-electron chi connectivity index (χ4n) is 5.24. The Morgan fingerprint density at radius 1 is 1.08 bits per heavy atom. The van der Waals surface area contributed by atoms with Crippen molar-refractivity contribution < 1.29 is 4.79 Å². The molecule has 0 unspecified atom stereocenters. The van der Waals surface area contributed by atoms with Crippen molar-refractivity contribution in [2.24, 2.45) is 11.8 Å². The van der Waals surface area contributed by atoms with Gasteiger partial charge in [-0.05, 0) is 62.1 Å². The molecule has 3 heteroatoms. The number of nitrogens with zero attached hydrogens (tertiary/aromatic N) is 1. The monoisotopic (exact) mass is 334 g/mol. The Morgan fingerprint density at radius 3 is 2.80 bits per heavy atom. The molecule has 1 N–H and O–H groups in total. The van der Waals surface area contributed by atoms with Crippen LogP contribution in [0, 0.1) is 11.8 Å². The Bertz CT molecular complexity index is 792. The predicted molar refractivity (Wildman–Crippen MR) is 98.8 cm³/mol.